The van der Waals surface area contributed by atoms with Crippen molar-refractivity contribution >= 4 is 46.2 Å². The highest BCUT2D eigenvalue weighted by atomic mass is 35.5. The number of guanidine groups is 1. The molecule has 5 N–H and O–H groups in total. The smallest absolute Gasteiger partial charge is 0.412 e. The summed E-state index contributed by atoms with van der Waals surface area (Å²) in [6.07, 6.45) is 2.02. The van der Waals surface area contributed by atoms with Gasteiger partial charge in [0.1, 0.15) is 24.1 Å². The Labute approximate surface area is 223 Å². The lowest BCUT2D eigenvalue weighted by Gasteiger charge is -2.28. The largest absolute Gasteiger partial charge is 0.447 e. The maximum atomic E-state index is 13.7. The number of amides is 2. The number of aliphatic imine (C=N–C) groups is 1. The number of hydrogen-bond acceptors (Lipinski definition) is 5. The molecule has 0 saturated heterocycles. The Morgan fingerprint density at radius 3 is 2.74 bits per heavy atom. The fraction of sp³-hybridized carbons (Fsp3) is 0.308. The summed E-state index contributed by atoms with van der Waals surface area (Å²) in [4.78, 5) is 34.9. The molecule has 1 atom stereocenters. The first-order valence-corrected chi connectivity index (χ1v) is 12.2. The number of hydrogen-bond donors (Lipinski definition) is 3. The van der Waals surface area contributed by atoms with Crippen molar-refractivity contribution in [3.8, 4) is 0 Å². The number of nitrogens with zero attached hydrogens (tertiary/aromatic N) is 3. The zero-order valence-electron chi connectivity index (χ0n) is 20.8. The maximum absolute atomic E-state index is 13.7. The third-order valence-corrected chi connectivity index (χ3v) is 6.31. The van der Waals surface area contributed by atoms with E-state index in [1.54, 1.807) is 19.2 Å². The van der Waals surface area contributed by atoms with Crippen molar-refractivity contribution in [2.24, 2.45) is 16.5 Å². The molecule has 0 fully saturated rings. The van der Waals surface area contributed by atoms with E-state index >= 15 is 0 Å². The number of nitrogens with one attached hydrogen (secondary N) is 1. The van der Waals surface area contributed by atoms with Crippen LogP contribution >= 0.6 is 11.6 Å². The van der Waals surface area contributed by atoms with E-state index in [0.29, 0.717) is 35.7 Å². The first-order chi connectivity index (χ1) is 18.1. The SMILES string of the molecule is CN(C(=O)CCc1cccc(F)c1Cl)[C@@H](CCCN=C(N)N)COC(=O)Nc1cc2cc(F)ccc2cn1. The van der Waals surface area contributed by atoms with Gasteiger partial charge < -0.3 is 21.1 Å². The molecule has 2 aromatic carbocycles. The van der Waals surface area contributed by atoms with Crippen LogP contribution in [-0.4, -0.2) is 54.1 Å². The van der Waals surface area contributed by atoms with Crippen LogP contribution in [0.5, 0.6) is 0 Å². The van der Waals surface area contributed by atoms with Crippen LogP contribution in [0, 0.1) is 11.6 Å². The molecule has 9 nitrogen and oxygen atoms in total. The molecule has 0 saturated carbocycles. The number of aromatic nitrogens is 1. The number of rotatable bonds is 11. The molecule has 2 amide bonds. The van der Waals surface area contributed by atoms with Crippen molar-refractivity contribution < 1.29 is 23.1 Å². The van der Waals surface area contributed by atoms with Gasteiger partial charge in [-0.25, -0.2) is 18.6 Å². The number of ether oxygens (including phenoxy) is 1. The zero-order chi connectivity index (χ0) is 27.7. The second-order valence-electron chi connectivity index (χ2n) is 8.60. The molecule has 1 heterocycles. The van der Waals surface area contributed by atoms with Gasteiger partial charge in [-0.3, -0.25) is 15.1 Å². The third kappa shape index (κ3) is 8.27. The average Bonchev–Trinajstić information content (AvgIpc) is 2.88. The van der Waals surface area contributed by atoms with Gasteiger partial charge in [-0.15, -0.1) is 0 Å². The topological polar surface area (TPSA) is 136 Å². The number of pyridine rings is 1. The summed E-state index contributed by atoms with van der Waals surface area (Å²) in [5.41, 5.74) is 11.3. The minimum Gasteiger partial charge on any atom is -0.447 e. The summed E-state index contributed by atoms with van der Waals surface area (Å²) in [5.74, 6) is -1.05. The van der Waals surface area contributed by atoms with Crippen molar-refractivity contribution in [2.75, 3.05) is 25.5 Å². The van der Waals surface area contributed by atoms with Crippen molar-refractivity contribution in [1.82, 2.24) is 9.88 Å². The number of fused-ring (bicyclic) bond motifs is 1. The predicted octanol–water partition coefficient (Wildman–Crippen LogP) is 4.23. The van der Waals surface area contributed by atoms with Crippen molar-refractivity contribution in [3.05, 3.63) is 70.9 Å². The molecule has 1 aromatic heterocycles. The lowest BCUT2D eigenvalue weighted by atomic mass is 10.1. The summed E-state index contributed by atoms with van der Waals surface area (Å²) < 4.78 is 32.6. The van der Waals surface area contributed by atoms with E-state index in [0.717, 1.165) is 0 Å². The standard InChI is InChI=1S/C26H29ClF2N6O3/c1-35(23(36)10-8-16-4-2-6-21(29)24(16)27)20(5-3-11-32-25(30)31)15-38-26(37)34-22-13-18-12-19(28)9-7-17(18)14-33-22/h2,4,6-7,9,12-14,20H,3,5,8,10-11,15H2,1H3,(H4,30,31,32)(H,33,34,37)/t20-/m0/s1. The first-order valence-electron chi connectivity index (χ1n) is 11.9. The van der Waals surface area contributed by atoms with Gasteiger partial charge in [0.15, 0.2) is 5.96 Å². The highest BCUT2D eigenvalue weighted by molar-refractivity contribution is 6.31. The molecule has 0 aliphatic rings. The lowest BCUT2D eigenvalue weighted by Crippen LogP contribution is -2.41. The van der Waals surface area contributed by atoms with E-state index in [1.165, 1.54) is 41.4 Å². The van der Waals surface area contributed by atoms with Crippen LogP contribution in [-0.2, 0) is 16.0 Å². The highest BCUT2D eigenvalue weighted by Crippen LogP contribution is 2.22. The van der Waals surface area contributed by atoms with E-state index in [2.05, 4.69) is 15.3 Å². The predicted molar refractivity (Wildman–Crippen MR) is 143 cm³/mol. The molecule has 38 heavy (non-hydrogen) atoms. The number of aryl methyl sites for hydroxylation is 1. The number of nitrogens with two attached hydrogens (primary N) is 2. The molecule has 3 aromatic rings. The van der Waals surface area contributed by atoms with Gasteiger partial charge in [-0.2, -0.15) is 0 Å². The molecule has 0 unspecified atom stereocenters. The Kier molecular flexibility index (Phi) is 10.2. The van der Waals surface area contributed by atoms with Gasteiger partial charge in [-0.05, 0) is 60.5 Å². The van der Waals surface area contributed by atoms with Crippen LogP contribution in [0.3, 0.4) is 0 Å². The Morgan fingerprint density at radius 2 is 1.97 bits per heavy atom. The molecule has 0 radical (unpaired) electrons. The maximum Gasteiger partial charge on any atom is 0.412 e. The van der Waals surface area contributed by atoms with Crippen LogP contribution in [0.25, 0.3) is 10.8 Å². The van der Waals surface area contributed by atoms with E-state index in [9.17, 15) is 18.4 Å². The molecule has 3 rings (SSSR count). The summed E-state index contributed by atoms with van der Waals surface area (Å²) in [5, 5.41) is 3.78. The van der Waals surface area contributed by atoms with Gasteiger partial charge in [0, 0.05) is 31.6 Å². The molecule has 0 bridgehead atoms. The van der Waals surface area contributed by atoms with E-state index in [1.807, 2.05) is 0 Å². The van der Waals surface area contributed by atoms with Gasteiger partial charge in [0.25, 0.3) is 0 Å². The van der Waals surface area contributed by atoms with Gasteiger partial charge in [0.2, 0.25) is 5.91 Å². The zero-order valence-corrected chi connectivity index (χ0v) is 21.5. The van der Waals surface area contributed by atoms with Gasteiger partial charge >= 0.3 is 6.09 Å². The second-order valence-corrected chi connectivity index (χ2v) is 8.98. The van der Waals surface area contributed by atoms with E-state index < -0.39 is 23.8 Å². The molecular formula is C26H29ClF2N6O3. The fourth-order valence-corrected chi connectivity index (χ4v) is 4.00. The summed E-state index contributed by atoms with van der Waals surface area (Å²) in [7, 11) is 1.60. The number of likely N-dealkylation sites (N-methyl/N-ethyl adjacent to an activating group) is 1. The molecule has 202 valence electrons. The minimum atomic E-state index is -0.783. The molecule has 0 spiro atoms. The van der Waals surface area contributed by atoms with Crippen molar-refractivity contribution in [2.45, 2.75) is 31.7 Å². The fourth-order valence-electron chi connectivity index (χ4n) is 3.78. The van der Waals surface area contributed by atoms with Crippen molar-refractivity contribution in [1.29, 1.82) is 0 Å². The Morgan fingerprint density at radius 1 is 1.18 bits per heavy atom. The third-order valence-electron chi connectivity index (χ3n) is 5.89. The average molecular weight is 547 g/mol. The Balaban J connectivity index is 1.61. The Hall–Kier alpha value is -3.99. The van der Waals surface area contributed by atoms with Crippen molar-refractivity contribution in [3.63, 3.8) is 0 Å². The van der Waals surface area contributed by atoms with Gasteiger partial charge in [0.05, 0.1) is 11.1 Å². The molecule has 12 heteroatoms. The van der Waals surface area contributed by atoms with Crippen LogP contribution in [0.15, 0.2) is 53.7 Å². The van der Waals surface area contributed by atoms with Gasteiger partial charge in [-0.1, -0.05) is 23.7 Å². The summed E-state index contributed by atoms with van der Waals surface area (Å²) >= 11 is 6.00. The molecule has 0 aliphatic heterocycles. The Bertz CT molecular complexity index is 1320. The lowest BCUT2D eigenvalue weighted by molar-refractivity contribution is -0.132. The first kappa shape index (κ1) is 28.6. The van der Waals surface area contributed by atoms with Crippen LogP contribution in [0.2, 0.25) is 5.02 Å². The van der Waals surface area contributed by atoms with Crippen LogP contribution in [0.4, 0.5) is 19.4 Å². The van der Waals surface area contributed by atoms with E-state index in [-0.39, 0.29) is 42.2 Å². The number of carbonyl (C=O) groups excluding carboxylic acids is 2. The number of benzene rings is 2. The quantitative estimate of drug-likeness (QED) is 0.187. The monoisotopic (exact) mass is 546 g/mol. The van der Waals surface area contributed by atoms with Crippen LogP contribution in [0.1, 0.15) is 24.8 Å². The van der Waals surface area contributed by atoms with Crippen LogP contribution < -0.4 is 16.8 Å². The number of halogens is 3. The second kappa shape index (κ2) is 13.5. The number of anilines is 1. The summed E-state index contributed by atoms with van der Waals surface area (Å²) in [6.45, 7) is 0.225. The van der Waals surface area contributed by atoms with E-state index in [4.69, 9.17) is 27.8 Å². The normalized spacial score (nSPS) is 11.6. The molecular weight excluding hydrogens is 518 g/mol. The highest BCUT2D eigenvalue weighted by Gasteiger charge is 2.22. The minimum absolute atomic E-state index is 0.0122. The molecule has 0 aliphatic carbocycles. The number of carbonyl (C=O) groups is 2. The summed E-state index contributed by atoms with van der Waals surface area (Å²) in [6, 6.07) is 9.73.